The Morgan fingerprint density at radius 1 is 1.15 bits per heavy atom. The van der Waals surface area contributed by atoms with Gasteiger partial charge in [0.15, 0.2) is 0 Å². The van der Waals surface area contributed by atoms with Gasteiger partial charge < -0.3 is 10.3 Å². The fourth-order valence-electron chi connectivity index (χ4n) is 1.50. The van der Waals surface area contributed by atoms with E-state index >= 15 is 0 Å². The van der Waals surface area contributed by atoms with Crippen LogP contribution in [-0.2, 0) is 0 Å². The summed E-state index contributed by atoms with van der Waals surface area (Å²) in [5, 5.41) is 2.56. The molecule has 0 bridgehead atoms. The topological polar surface area (TPSA) is 62.0 Å². The lowest BCUT2D eigenvalue weighted by molar-refractivity contribution is 0.102. The summed E-state index contributed by atoms with van der Waals surface area (Å²) in [4.78, 5) is 25.7. The second-order valence-corrected chi connectivity index (χ2v) is 4.85. The van der Waals surface area contributed by atoms with Crippen molar-refractivity contribution in [1.82, 2.24) is 4.98 Å². The monoisotopic (exact) mass is 296 g/mol. The number of nitrogens with one attached hydrogen (secondary N) is 2. The van der Waals surface area contributed by atoms with E-state index in [0.717, 1.165) is 0 Å². The lowest BCUT2D eigenvalue weighted by Gasteiger charge is -2.06. The summed E-state index contributed by atoms with van der Waals surface area (Å²) in [5.41, 5.74) is 0.211. The maximum absolute atomic E-state index is 12.1. The van der Waals surface area contributed by atoms with Crippen LogP contribution < -0.4 is 10.9 Å². The van der Waals surface area contributed by atoms with E-state index in [2.05, 4.69) is 10.3 Å². The van der Waals surface area contributed by atoms with E-state index in [0.29, 0.717) is 22.3 Å². The highest BCUT2D eigenvalue weighted by atomic mass is 32.2. The molecule has 104 valence electrons. The van der Waals surface area contributed by atoms with E-state index in [-0.39, 0.29) is 11.3 Å². The molecule has 4 nitrogen and oxygen atoms in total. The summed E-state index contributed by atoms with van der Waals surface area (Å²) in [6.45, 7) is 0. The zero-order chi connectivity index (χ0) is 14.5. The van der Waals surface area contributed by atoms with E-state index < -0.39 is 11.7 Å². The molecule has 7 heteroatoms. The van der Waals surface area contributed by atoms with Gasteiger partial charge in [0.2, 0.25) is 5.56 Å². The van der Waals surface area contributed by atoms with Crippen LogP contribution in [0.25, 0.3) is 0 Å². The minimum atomic E-state index is -2.48. The standard InChI is InChI=1S/C13H10F2N2O2S/c14-13(15)20-9-6-4-8(5-7-9)16-12(19)10-2-1-3-11(18)17-10/h1-7,13H,(H,16,19)(H,17,18). The number of rotatable bonds is 4. The number of alkyl halides is 2. The lowest BCUT2D eigenvalue weighted by atomic mass is 10.3. The predicted octanol–water partition coefficient (Wildman–Crippen LogP) is 2.94. The number of H-pyrrole nitrogens is 1. The Morgan fingerprint density at radius 3 is 2.45 bits per heavy atom. The predicted molar refractivity (Wildman–Crippen MR) is 73.3 cm³/mol. The van der Waals surface area contributed by atoms with Crippen LogP contribution in [0.1, 0.15) is 10.5 Å². The first-order valence-electron chi connectivity index (χ1n) is 5.60. The van der Waals surface area contributed by atoms with E-state index in [1.165, 1.54) is 42.5 Å². The number of anilines is 1. The van der Waals surface area contributed by atoms with Crippen molar-refractivity contribution in [2.24, 2.45) is 0 Å². The number of hydrogen-bond acceptors (Lipinski definition) is 3. The Kier molecular flexibility index (Phi) is 4.52. The second kappa shape index (κ2) is 6.33. The zero-order valence-corrected chi connectivity index (χ0v) is 10.9. The molecule has 2 rings (SSSR count). The molecule has 0 saturated heterocycles. The van der Waals surface area contributed by atoms with Crippen LogP contribution in [0.2, 0.25) is 0 Å². The molecule has 2 N–H and O–H groups in total. The second-order valence-electron chi connectivity index (χ2n) is 3.79. The number of aromatic amines is 1. The Balaban J connectivity index is 2.06. The molecule has 0 fully saturated rings. The highest BCUT2D eigenvalue weighted by molar-refractivity contribution is 7.99. The minimum Gasteiger partial charge on any atom is -0.321 e. The third-order valence-corrected chi connectivity index (χ3v) is 3.07. The number of aromatic nitrogens is 1. The molecule has 0 atom stereocenters. The normalized spacial score (nSPS) is 10.6. The van der Waals surface area contributed by atoms with Crippen molar-refractivity contribution in [3.05, 3.63) is 58.5 Å². The van der Waals surface area contributed by atoms with Crippen molar-refractivity contribution in [3.8, 4) is 0 Å². The van der Waals surface area contributed by atoms with Gasteiger partial charge in [-0.25, -0.2) is 0 Å². The van der Waals surface area contributed by atoms with Crippen LogP contribution in [0.3, 0.4) is 0 Å². The van der Waals surface area contributed by atoms with Gasteiger partial charge in [-0.2, -0.15) is 8.78 Å². The molecule has 1 aromatic heterocycles. The van der Waals surface area contributed by atoms with Gasteiger partial charge in [-0.1, -0.05) is 17.8 Å². The van der Waals surface area contributed by atoms with Gasteiger partial charge >= 0.3 is 0 Å². The van der Waals surface area contributed by atoms with Crippen molar-refractivity contribution >= 4 is 23.4 Å². The number of halogens is 2. The Morgan fingerprint density at radius 2 is 1.85 bits per heavy atom. The first kappa shape index (κ1) is 14.3. The summed E-state index contributed by atoms with van der Waals surface area (Å²) in [6.07, 6.45) is 0. The summed E-state index contributed by atoms with van der Waals surface area (Å²) in [5.74, 6) is -2.96. The number of thioether (sulfide) groups is 1. The van der Waals surface area contributed by atoms with E-state index in [9.17, 15) is 18.4 Å². The number of benzene rings is 1. The smallest absolute Gasteiger partial charge is 0.288 e. The highest BCUT2D eigenvalue weighted by Crippen LogP contribution is 2.26. The molecule has 1 amide bonds. The first-order chi connectivity index (χ1) is 9.54. The van der Waals surface area contributed by atoms with Crippen LogP contribution in [0.15, 0.2) is 52.2 Å². The quantitative estimate of drug-likeness (QED) is 0.853. The van der Waals surface area contributed by atoms with Crippen LogP contribution in [0.4, 0.5) is 14.5 Å². The van der Waals surface area contributed by atoms with Gasteiger partial charge in [-0.3, -0.25) is 9.59 Å². The fraction of sp³-hybridized carbons (Fsp3) is 0.0769. The molecule has 0 spiro atoms. The Hall–Kier alpha value is -2.15. The molecule has 1 aromatic carbocycles. The van der Waals surface area contributed by atoms with Crippen LogP contribution in [0.5, 0.6) is 0 Å². The molecule has 0 saturated carbocycles. The van der Waals surface area contributed by atoms with Gasteiger partial charge in [-0.05, 0) is 30.3 Å². The third-order valence-electron chi connectivity index (χ3n) is 2.35. The van der Waals surface area contributed by atoms with Gasteiger partial charge in [0.1, 0.15) is 5.69 Å². The van der Waals surface area contributed by atoms with Crippen LogP contribution in [-0.4, -0.2) is 16.6 Å². The van der Waals surface area contributed by atoms with Crippen molar-refractivity contribution in [2.75, 3.05) is 5.32 Å². The molecular weight excluding hydrogens is 286 g/mol. The van der Waals surface area contributed by atoms with Gasteiger partial charge in [-0.15, -0.1) is 0 Å². The summed E-state index contributed by atoms with van der Waals surface area (Å²) >= 11 is 0.431. The molecular formula is C13H10F2N2O2S. The molecule has 20 heavy (non-hydrogen) atoms. The minimum absolute atomic E-state index is 0.128. The van der Waals surface area contributed by atoms with Gasteiger partial charge in [0.05, 0.1) is 0 Å². The fourth-order valence-corrected chi connectivity index (χ4v) is 2.00. The van der Waals surface area contributed by atoms with Gasteiger partial charge in [0, 0.05) is 16.6 Å². The number of carbonyl (C=O) groups is 1. The van der Waals surface area contributed by atoms with Crippen LogP contribution in [0, 0.1) is 0 Å². The molecule has 2 aromatic rings. The zero-order valence-electron chi connectivity index (χ0n) is 10.1. The molecule has 0 aliphatic carbocycles. The van der Waals surface area contributed by atoms with E-state index in [1.807, 2.05) is 0 Å². The molecule has 0 aliphatic rings. The molecule has 0 aliphatic heterocycles. The summed E-state index contributed by atoms with van der Waals surface area (Å²) in [7, 11) is 0. The van der Waals surface area contributed by atoms with Crippen molar-refractivity contribution in [3.63, 3.8) is 0 Å². The maximum Gasteiger partial charge on any atom is 0.288 e. The number of hydrogen-bond donors (Lipinski definition) is 2. The largest absolute Gasteiger partial charge is 0.321 e. The average Bonchev–Trinajstić information content (AvgIpc) is 2.40. The number of carbonyl (C=O) groups excluding carboxylic acids is 1. The average molecular weight is 296 g/mol. The molecule has 1 heterocycles. The third kappa shape index (κ3) is 3.92. The first-order valence-corrected chi connectivity index (χ1v) is 6.48. The summed E-state index contributed by atoms with van der Waals surface area (Å²) in [6, 6.07) is 10.2. The van der Waals surface area contributed by atoms with Crippen molar-refractivity contribution < 1.29 is 13.6 Å². The summed E-state index contributed by atoms with van der Waals surface area (Å²) < 4.78 is 24.3. The Bertz CT molecular complexity index is 656. The lowest BCUT2D eigenvalue weighted by Crippen LogP contribution is -2.17. The number of pyridine rings is 1. The SMILES string of the molecule is O=C(Nc1ccc(SC(F)F)cc1)c1cccc(=O)[nH]1. The van der Waals surface area contributed by atoms with Gasteiger partial charge in [0.25, 0.3) is 11.7 Å². The van der Waals surface area contributed by atoms with Crippen molar-refractivity contribution in [1.29, 1.82) is 0 Å². The maximum atomic E-state index is 12.1. The highest BCUT2D eigenvalue weighted by Gasteiger charge is 2.08. The molecule has 0 radical (unpaired) electrons. The Labute approximate surface area is 117 Å². The van der Waals surface area contributed by atoms with Crippen LogP contribution >= 0.6 is 11.8 Å². The van der Waals surface area contributed by atoms with Crippen molar-refractivity contribution in [2.45, 2.75) is 10.7 Å². The van der Waals surface area contributed by atoms with E-state index in [4.69, 9.17) is 0 Å². The molecule has 0 unspecified atom stereocenters. The van der Waals surface area contributed by atoms with E-state index in [1.54, 1.807) is 0 Å². The number of amides is 1.